The zero-order chi connectivity index (χ0) is 15.9. The Bertz CT molecular complexity index is 615. The molecule has 0 amide bonds. The van der Waals surface area contributed by atoms with Crippen LogP contribution in [-0.2, 0) is 6.42 Å². The maximum Gasteiger partial charge on any atom is 0.167 e. The Kier molecular flexibility index (Phi) is 6.16. The van der Waals surface area contributed by atoms with Gasteiger partial charge in [0.2, 0.25) is 0 Å². The van der Waals surface area contributed by atoms with Gasteiger partial charge < -0.3 is 10.6 Å². The van der Waals surface area contributed by atoms with E-state index in [4.69, 9.17) is 12.2 Å². The number of nitrogens with one attached hydrogen (secondary N) is 2. The molecule has 4 heteroatoms. The molecular formula is C18H22N2S2. The van der Waals surface area contributed by atoms with E-state index in [-0.39, 0.29) is 6.04 Å². The van der Waals surface area contributed by atoms with Crippen LogP contribution in [0.15, 0.2) is 53.9 Å². The van der Waals surface area contributed by atoms with Crippen LogP contribution < -0.4 is 10.6 Å². The molecule has 2 N–H and O–H groups in total. The molecule has 0 aliphatic carbocycles. The Morgan fingerprint density at radius 2 is 2.00 bits per heavy atom. The molecule has 2 aromatic rings. The molecule has 1 atom stereocenters. The van der Waals surface area contributed by atoms with E-state index in [1.54, 1.807) is 11.3 Å². The van der Waals surface area contributed by atoms with Crippen LogP contribution in [0.4, 0.5) is 0 Å². The summed E-state index contributed by atoms with van der Waals surface area (Å²) < 4.78 is 0. The van der Waals surface area contributed by atoms with Crippen LogP contribution in [-0.4, -0.2) is 11.7 Å². The molecule has 2 rings (SSSR count). The zero-order valence-electron chi connectivity index (χ0n) is 13.1. The Morgan fingerprint density at radius 1 is 1.27 bits per heavy atom. The summed E-state index contributed by atoms with van der Waals surface area (Å²) in [4.78, 5) is 1.25. The first-order chi connectivity index (χ1) is 10.6. The summed E-state index contributed by atoms with van der Waals surface area (Å²) in [6.45, 7) is 8.73. The van der Waals surface area contributed by atoms with Crippen molar-refractivity contribution in [2.75, 3.05) is 6.54 Å². The van der Waals surface area contributed by atoms with E-state index < -0.39 is 0 Å². The minimum Gasteiger partial charge on any atom is -0.359 e. The average Bonchev–Trinajstić information content (AvgIpc) is 3.05. The van der Waals surface area contributed by atoms with E-state index in [0.717, 1.165) is 12.0 Å². The van der Waals surface area contributed by atoms with E-state index in [2.05, 4.69) is 65.9 Å². The first-order valence-electron chi connectivity index (χ1n) is 7.41. The highest BCUT2D eigenvalue weighted by atomic mass is 32.1. The van der Waals surface area contributed by atoms with Crippen LogP contribution in [0, 0.1) is 0 Å². The topological polar surface area (TPSA) is 24.1 Å². The van der Waals surface area contributed by atoms with Crippen molar-refractivity contribution in [2.24, 2.45) is 0 Å². The third-order valence-electron chi connectivity index (χ3n) is 3.38. The van der Waals surface area contributed by atoms with Crippen molar-refractivity contribution >= 4 is 28.7 Å². The summed E-state index contributed by atoms with van der Waals surface area (Å²) in [5, 5.41) is 9.36. The van der Waals surface area contributed by atoms with Crippen molar-refractivity contribution in [1.82, 2.24) is 10.6 Å². The fourth-order valence-electron chi connectivity index (χ4n) is 2.13. The van der Waals surface area contributed by atoms with Crippen molar-refractivity contribution in [3.63, 3.8) is 0 Å². The van der Waals surface area contributed by atoms with E-state index >= 15 is 0 Å². The SMILES string of the molecule is C=C(C)CNC(=S)N[C@@H](c1ccc(CC)cc1)c1cccs1. The van der Waals surface area contributed by atoms with Crippen molar-refractivity contribution in [1.29, 1.82) is 0 Å². The molecule has 2 nitrogen and oxygen atoms in total. The molecule has 0 saturated heterocycles. The molecule has 1 aromatic heterocycles. The summed E-state index contributed by atoms with van der Waals surface area (Å²) in [5.74, 6) is 0. The standard InChI is InChI=1S/C18H22N2S2/c1-4-14-7-9-15(10-8-14)17(16-6-5-11-22-16)20-18(21)19-12-13(2)3/h5-11,17H,2,4,12H2,1,3H3,(H2,19,20,21)/t17-/m0/s1. The third kappa shape index (κ3) is 4.68. The Balaban J connectivity index is 2.16. The highest BCUT2D eigenvalue weighted by Gasteiger charge is 2.16. The Labute approximate surface area is 142 Å². The number of hydrogen-bond acceptors (Lipinski definition) is 2. The van der Waals surface area contributed by atoms with Crippen LogP contribution in [0.1, 0.15) is 35.9 Å². The lowest BCUT2D eigenvalue weighted by Crippen LogP contribution is -2.38. The molecule has 0 fully saturated rings. The quantitative estimate of drug-likeness (QED) is 0.605. The number of thiophene rings is 1. The van der Waals surface area contributed by atoms with E-state index in [1.165, 1.54) is 16.0 Å². The van der Waals surface area contributed by atoms with Gasteiger partial charge in [0, 0.05) is 11.4 Å². The smallest absolute Gasteiger partial charge is 0.167 e. The predicted molar refractivity (Wildman–Crippen MR) is 101 cm³/mol. The largest absolute Gasteiger partial charge is 0.359 e. The predicted octanol–water partition coefficient (Wildman–Crippen LogP) is 4.44. The van der Waals surface area contributed by atoms with Gasteiger partial charge in [-0.15, -0.1) is 11.3 Å². The van der Waals surface area contributed by atoms with E-state index in [9.17, 15) is 0 Å². The van der Waals surface area contributed by atoms with Gasteiger partial charge in [-0.2, -0.15) is 0 Å². The van der Waals surface area contributed by atoms with Gasteiger partial charge >= 0.3 is 0 Å². The maximum absolute atomic E-state index is 5.41. The number of thiocarbonyl (C=S) groups is 1. The summed E-state index contributed by atoms with van der Waals surface area (Å²) >= 11 is 7.15. The highest BCUT2D eigenvalue weighted by molar-refractivity contribution is 7.80. The molecule has 22 heavy (non-hydrogen) atoms. The number of aryl methyl sites for hydroxylation is 1. The summed E-state index contributed by atoms with van der Waals surface area (Å²) in [7, 11) is 0. The van der Waals surface area contributed by atoms with Gasteiger partial charge in [0.1, 0.15) is 0 Å². The number of benzene rings is 1. The molecular weight excluding hydrogens is 308 g/mol. The molecule has 0 radical (unpaired) electrons. The lowest BCUT2D eigenvalue weighted by Gasteiger charge is -2.21. The van der Waals surface area contributed by atoms with Gasteiger partial charge in [0.05, 0.1) is 6.04 Å². The molecule has 0 unspecified atom stereocenters. The maximum atomic E-state index is 5.41. The van der Waals surface area contributed by atoms with Crippen LogP contribution in [0.2, 0.25) is 0 Å². The molecule has 0 spiro atoms. The minimum atomic E-state index is 0.0797. The third-order valence-corrected chi connectivity index (χ3v) is 4.57. The van der Waals surface area contributed by atoms with E-state index in [0.29, 0.717) is 11.7 Å². The Hall–Kier alpha value is -1.65. The fraction of sp³-hybridized carbons (Fsp3) is 0.278. The van der Waals surface area contributed by atoms with Crippen molar-refractivity contribution in [2.45, 2.75) is 26.3 Å². The van der Waals surface area contributed by atoms with Gasteiger partial charge in [0.15, 0.2) is 5.11 Å². The normalized spacial score (nSPS) is 11.7. The minimum absolute atomic E-state index is 0.0797. The second-order valence-electron chi connectivity index (χ2n) is 5.33. The second kappa shape index (κ2) is 8.11. The molecule has 0 saturated carbocycles. The fourth-order valence-corrected chi connectivity index (χ4v) is 3.13. The van der Waals surface area contributed by atoms with Gasteiger partial charge in [-0.3, -0.25) is 0 Å². The molecule has 116 valence electrons. The lowest BCUT2D eigenvalue weighted by molar-refractivity contribution is 0.757. The average molecular weight is 331 g/mol. The summed E-state index contributed by atoms with van der Waals surface area (Å²) in [6.07, 6.45) is 1.05. The first kappa shape index (κ1) is 16.7. The van der Waals surface area contributed by atoms with Crippen molar-refractivity contribution in [3.8, 4) is 0 Å². The monoisotopic (exact) mass is 330 g/mol. The molecule has 0 aliphatic heterocycles. The van der Waals surface area contributed by atoms with Crippen molar-refractivity contribution < 1.29 is 0 Å². The van der Waals surface area contributed by atoms with E-state index in [1.807, 2.05) is 6.92 Å². The van der Waals surface area contributed by atoms with Gasteiger partial charge in [-0.1, -0.05) is 49.4 Å². The van der Waals surface area contributed by atoms with Crippen LogP contribution in [0.25, 0.3) is 0 Å². The van der Waals surface area contributed by atoms with Crippen LogP contribution >= 0.6 is 23.6 Å². The van der Waals surface area contributed by atoms with Gasteiger partial charge in [0.25, 0.3) is 0 Å². The second-order valence-corrected chi connectivity index (χ2v) is 6.72. The number of rotatable bonds is 6. The zero-order valence-corrected chi connectivity index (χ0v) is 14.7. The van der Waals surface area contributed by atoms with Gasteiger partial charge in [-0.05, 0) is 48.1 Å². The summed E-state index contributed by atoms with van der Waals surface area (Å²) in [6, 6.07) is 13.0. The van der Waals surface area contributed by atoms with Gasteiger partial charge in [-0.25, -0.2) is 0 Å². The Morgan fingerprint density at radius 3 is 2.55 bits per heavy atom. The molecule has 1 heterocycles. The summed E-state index contributed by atoms with van der Waals surface area (Å²) in [5.41, 5.74) is 3.62. The van der Waals surface area contributed by atoms with Crippen LogP contribution in [0.5, 0.6) is 0 Å². The molecule has 0 bridgehead atoms. The first-order valence-corrected chi connectivity index (χ1v) is 8.70. The lowest BCUT2D eigenvalue weighted by atomic mass is 10.0. The molecule has 0 aliphatic rings. The highest BCUT2D eigenvalue weighted by Crippen LogP contribution is 2.26. The number of hydrogen-bond donors (Lipinski definition) is 2. The van der Waals surface area contributed by atoms with Crippen LogP contribution in [0.3, 0.4) is 0 Å². The van der Waals surface area contributed by atoms with Crippen molar-refractivity contribution in [3.05, 3.63) is 69.9 Å². The molecule has 1 aromatic carbocycles.